The molecule has 0 aromatic rings. The van der Waals surface area contributed by atoms with Crippen LogP contribution in [0.25, 0.3) is 0 Å². The normalized spacial score (nSPS) is 3.64. The Hall–Kier alpha value is 4.92. The van der Waals surface area contributed by atoms with Gasteiger partial charge in [0, 0.05) is 133 Å². The third-order valence-corrected chi connectivity index (χ3v) is 0. The number of hydrogen-bond acceptors (Lipinski definition) is 25. The van der Waals surface area contributed by atoms with Gasteiger partial charge in [-0.2, -0.15) is 0 Å². The molecule has 0 N–H and O–H groups in total. The van der Waals surface area contributed by atoms with Crippen molar-refractivity contribution in [3.63, 3.8) is 0 Å². The molecular formula is Al7Mg2O25Si5Ti5. The third kappa shape index (κ3) is 4090. The van der Waals surface area contributed by atoms with Crippen LogP contribution in [0.15, 0.2) is 0 Å². The Morgan fingerprint density at radius 1 is 0.273 bits per heavy atom. The van der Waals surface area contributed by atoms with Crippen molar-refractivity contribution in [2.24, 2.45) is 0 Å². The molecular weight excluding hydrogens is 1020 g/mol. The Morgan fingerprint density at radius 2 is 0.273 bits per heavy atom. The minimum absolute atomic E-state index is 0. The van der Waals surface area contributed by atoms with Gasteiger partial charge < -0.3 is 70.3 Å². The fourth-order valence-corrected chi connectivity index (χ4v) is 0. The van der Waals surface area contributed by atoms with Crippen molar-refractivity contribution >= 4 is 213 Å². The Balaban J connectivity index is -0.00000000910. The average Bonchev–Trinajstić information content (AvgIpc) is 2.55. The van der Waals surface area contributed by atoms with E-state index in [9.17, 15) is 0 Å². The van der Waals surface area contributed by atoms with Gasteiger partial charge in [-0.15, -0.1) is 0 Å². The summed E-state index contributed by atoms with van der Waals surface area (Å²) in [7, 11) is -18.1. The van der Waals surface area contributed by atoms with E-state index in [1.54, 1.807) is 0 Å². The quantitative estimate of drug-likeness (QED) is 0.203. The predicted molar refractivity (Wildman–Crippen MR) is 90.9 cm³/mol. The molecule has 0 aromatic heterocycles. The first-order valence-corrected chi connectivity index (χ1v) is 17.6. The maximum atomic E-state index is 8.52. The first-order valence-electron chi connectivity index (χ1n) is 5.10. The summed E-state index contributed by atoms with van der Waals surface area (Å²) in [5.41, 5.74) is 0. The molecule has 25 nitrogen and oxygen atoms in total. The van der Waals surface area contributed by atoms with E-state index in [1.165, 1.54) is 0 Å². The van der Waals surface area contributed by atoms with Crippen LogP contribution in [0.3, 0.4) is 0 Å². The Bertz CT molecular complexity index is 559. The van der Waals surface area contributed by atoms with Gasteiger partial charge in [-0.05, 0) is 0 Å². The summed E-state index contributed by atoms with van der Waals surface area (Å²) in [6.07, 6.45) is 0. The molecule has 0 aliphatic rings. The maximum absolute atomic E-state index is 8.52. The van der Waals surface area contributed by atoms with Gasteiger partial charge in [-0.3, -0.25) is 0 Å². The molecule has 0 aliphatic heterocycles. The van der Waals surface area contributed by atoms with Crippen LogP contribution in [-0.4, -0.2) is 213 Å². The first-order chi connectivity index (χ1) is 15.7. The molecule has 0 aliphatic carbocycles. The molecule has 0 aromatic carbocycles. The molecule has 0 spiro atoms. The zero-order valence-electron chi connectivity index (χ0n) is 20.7. The van der Waals surface area contributed by atoms with E-state index in [-0.39, 0.29) is 168 Å². The summed E-state index contributed by atoms with van der Waals surface area (Å²) >= 11 is -10.0. The molecule has 0 unspecified atom stereocenters. The van der Waals surface area contributed by atoms with E-state index in [0.29, 0.717) is 0 Å². The van der Waals surface area contributed by atoms with Crippen LogP contribution >= 0.6 is 0 Å². The molecule has 0 saturated heterocycles. The second-order valence-electron chi connectivity index (χ2n) is 1.67. The Labute approximate surface area is 404 Å². The van der Waals surface area contributed by atoms with Crippen LogP contribution in [0, 0.1) is 0 Å². The van der Waals surface area contributed by atoms with E-state index in [0.717, 1.165) is 0 Å². The first kappa shape index (κ1) is 125. The summed E-state index contributed by atoms with van der Waals surface area (Å²) in [5.74, 6) is 0. The van der Waals surface area contributed by atoms with Crippen LogP contribution in [0.1, 0.15) is 0 Å². The van der Waals surface area contributed by atoms with Gasteiger partial charge >= 0.3 is 210 Å². The molecule has 0 saturated carbocycles. The van der Waals surface area contributed by atoms with Gasteiger partial charge in [0.2, 0.25) is 0 Å². The Kier molecular flexibility index (Phi) is 485. The average molecular weight is 1020 g/mol. The zero-order chi connectivity index (χ0) is 31.4. The molecule has 0 amide bonds. The molecule has 44 heteroatoms. The fraction of sp³-hybridized carbons (Fsp3) is 0. The third-order valence-electron chi connectivity index (χ3n) is 0. The van der Waals surface area contributed by atoms with Gasteiger partial charge in [0.05, 0.1) is 0 Å². The summed E-state index contributed by atoms with van der Waals surface area (Å²) in [4.78, 5) is 85.2. The minimum atomic E-state index is -3.63. The van der Waals surface area contributed by atoms with E-state index in [2.05, 4.69) is 0 Å². The van der Waals surface area contributed by atoms with E-state index in [1.807, 2.05) is 0 Å². The monoisotopic (exact) mass is 1020 g/mol. The number of hydrogen-bond donors (Lipinski definition) is 0. The van der Waals surface area contributed by atoms with E-state index < -0.39 is 141 Å². The van der Waals surface area contributed by atoms with Gasteiger partial charge in [-0.25, -0.2) is 0 Å². The van der Waals surface area contributed by atoms with Crippen molar-refractivity contribution in [3.8, 4) is 0 Å². The molecule has 0 fully saturated rings. The summed E-state index contributed by atoms with van der Waals surface area (Å²) < 4.78 is 128. The van der Waals surface area contributed by atoms with Crippen molar-refractivity contribution in [2.45, 2.75) is 0 Å². The summed E-state index contributed by atoms with van der Waals surface area (Å²) in [5, 5.41) is 0. The van der Waals surface area contributed by atoms with Gasteiger partial charge in [0.15, 0.2) is 0 Å². The standard InChI is InChI=1S/7Al.2Mg.5O3Si.10O.5Ti/c;;;;;;;;;5*1-4(2)3;;;;;;;;;;;;;;;/q;;;;;2*+3;2*+2;5*-2;;;;;;;;;;;;;;;. The molecule has 0 heterocycles. The summed E-state index contributed by atoms with van der Waals surface area (Å²) in [6, 6.07) is 0. The van der Waals surface area contributed by atoms with Crippen molar-refractivity contribution < 1.29 is 199 Å². The van der Waals surface area contributed by atoms with E-state index in [4.69, 9.17) is 104 Å². The van der Waals surface area contributed by atoms with Crippen LogP contribution in [0.5, 0.6) is 0 Å². The van der Waals surface area contributed by atoms with Crippen LogP contribution < -0.4 is 48.0 Å². The second kappa shape index (κ2) is 170. The van der Waals surface area contributed by atoms with Crippen LogP contribution in [-0.2, 0) is 151 Å². The molecule has 0 rings (SSSR count). The molecule has 0 atom stereocenters. The van der Waals surface area contributed by atoms with Crippen LogP contribution in [0.2, 0.25) is 0 Å². The van der Waals surface area contributed by atoms with E-state index >= 15 is 0 Å². The predicted octanol–water partition coefficient (Wildman–Crippen LogP) is -19.0. The van der Waals surface area contributed by atoms with Crippen molar-refractivity contribution in [3.05, 3.63) is 0 Å². The number of rotatable bonds is 0. The van der Waals surface area contributed by atoms with Gasteiger partial charge in [0.25, 0.3) is 0 Å². The topological polar surface area (TPSA) is 487 Å². The van der Waals surface area contributed by atoms with Crippen molar-refractivity contribution in [1.29, 1.82) is 0 Å². The van der Waals surface area contributed by atoms with Crippen molar-refractivity contribution in [1.82, 2.24) is 0 Å². The molecule has 215 valence electrons. The molecule has 0 bridgehead atoms. The van der Waals surface area contributed by atoms with Gasteiger partial charge in [0.1, 0.15) is 0 Å². The van der Waals surface area contributed by atoms with Crippen LogP contribution in [0.4, 0.5) is 0 Å². The van der Waals surface area contributed by atoms with Crippen molar-refractivity contribution in [2.75, 3.05) is 0 Å². The zero-order valence-corrected chi connectivity index (χ0v) is 44.4. The molecule has 44 heavy (non-hydrogen) atoms. The fourth-order valence-electron chi connectivity index (χ4n) is 0. The summed E-state index contributed by atoms with van der Waals surface area (Å²) in [6.45, 7) is 0. The van der Waals surface area contributed by atoms with Gasteiger partial charge in [-0.1, -0.05) is 0 Å². The second-order valence-corrected chi connectivity index (χ2v) is 5.47. The molecule has 15 radical (unpaired) electrons. The SMILES string of the molecule is O=[Si]([O-])[O-].O=[Si]([O-])[O-].O=[Si]([O-])[O-].O=[Si]([O-])[O-].O=[Si]([O-])[O-].[Al+3].[Al+3].[Al].[Al].[Al].[Al].[Al].[Mg+2].[Mg+2].[O]=[Ti]=[O].[O]=[Ti]=[O].[O]=[Ti]=[O].[O]=[Ti]=[O].[O]=[Ti]=[O]. The Morgan fingerprint density at radius 3 is 0.273 bits per heavy atom.